The molecule has 0 saturated carbocycles. The number of nitrogens with zero attached hydrogens (tertiary/aromatic N) is 7. The smallest absolute Gasteiger partial charge is 0.146 e. The van der Waals surface area contributed by atoms with Gasteiger partial charge in [0.2, 0.25) is 0 Å². The Morgan fingerprint density at radius 2 is 2.04 bits per heavy atom. The molecule has 0 unspecified atom stereocenters. The van der Waals surface area contributed by atoms with E-state index in [9.17, 15) is 0 Å². The Morgan fingerprint density at radius 1 is 1.27 bits per heavy atom. The molecule has 1 fully saturated rings. The number of hydrogen-bond donors (Lipinski definition) is 1. The SMILES string of the molecule is CCn1cc(CN2CCC(c3nnc(CN(C)CCO)n3C)CC2)cn1. The summed E-state index contributed by atoms with van der Waals surface area (Å²) in [5.74, 6) is 2.53. The van der Waals surface area contributed by atoms with Crippen LogP contribution in [-0.4, -0.2) is 72.7 Å². The Labute approximate surface area is 155 Å². The largest absolute Gasteiger partial charge is 0.395 e. The van der Waals surface area contributed by atoms with Crippen LogP contribution in [0, 0.1) is 0 Å². The van der Waals surface area contributed by atoms with Crippen molar-refractivity contribution < 1.29 is 5.11 Å². The molecule has 0 aliphatic carbocycles. The predicted molar refractivity (Wildman–Crippen MR) is 99.6 cm³/mol. The van der Waals surface area contributed by atoms with E-state index >= 15 is 0 Å². The van der Waals surface area contributed by atoms with Crippen LogP contribution in [0.4, 0.5) is 0 Å². The molecule has 8 heteroatoms. The molecule has 26 heavy (non-hydrogen) atoms. The minimum atomic E-state index is 0.164. The van der Waals surface area contributed by atoms with E-state index in [4.69, 9.17) is 5.11 Å². The zero-order valence-electron chi connectivity index (χ0n) is 16.2. The second kappa shape index (κ2) is 8.75. The molecule has 2 aromatic rings. The molecule has 1 aliphatic heterocycles. The molecule has 1 N–H and O–H groups in total. The van der Waals surface area contributed by atoms with Crippen LogP contribution < -0.4 is 0 Å². The van der Waals surface area contributed by atoms with Gasteiger partial charge in [-0.3, -0.25) is 14.5 Å². The van der Waals surface area contributed by atoms with E-state index in [1.165, 1.54) is 5.56 Å². The lowest BCUT2D eigenvalue weighted by atomic mass is 9.95. The van der Waals surface area contributed by atoms with Gasteiger partial charge in [-0.2, -0.15) is 5.10 Å². The van der Waals surface area contributed by atoms with E-state index in [-0.39, 0.29) is 6.61 Å². The summed E-state index contributed by atoms with van der Waals surface area (Å²) in [6.45, 7) is 7.69. The van der Waals surface area contributed by atoms with Crippen molar-refractivity contribution in [1.82, 2.24) is 34.3 Å². The normalized spacial score (nSPS) is 16.7. The second-order valence-electron chi connectivity index (χ2n) is 7.25. The van der Waals surface area contributed by atoms with Crippen LogP contribution in [0.3, 0.4) is 0 Å². The van der Waals surface area contributed by atoms with Gasteiger partial charge in [-0.1, -0.05) is 0 Å². The third-order valence-electron chi connectivity index (χ3n) is 5.26. The van der Waals surface area contributed by atoms with Crippen LogP contribution in [-0.2, 0) is 26.7 Å². The fourth-order valence-electron chi connectivity index (χ4n) is 3.63. The van der Waals surface area contributed by atoms with Crippen molar-refractivity contribution in [2.24, 2.45) is 7.05 Å². The Morgan fingerprint density at radius 3 is 2.69 bits per heavy atom. The molecular weight excluding hydrogens is 330 g/mol. The van der Waals surface area contributed by atoms with Gasteiger partial charge >= 0.3 is 0 Å². The summed E-state index contributed by atoms with van der Waals surface area (Å²) in [4.78, 5) is 4.56. The number of rotatable bonds is 8. The molecular formula is C18H31N7O. The Bertz CT molecular complexity index is 688. The highest BCUT2D eigenvalue weighted by molar-refractivity contribution is 5.06. The lowest BCUT2D eigenvalue weighted by Gasteiger charge is -2.31. The molecule has 1 aliphatic rings. The summed E-state index contributed by atoms with van der Waals surface area (Å²) in [6.07, 6.45) is 6.35. The van der Waals surface area contributed by atoms with Crippen molar-refractivity contribution in [1.29, 1.82) is 0 Å². The fraction of sp³-hybridized carbons (Fsp3) is 0.722. The van der Waals surface area contributed by atoms with E-state index in [1.54, 1.807) is 0 Å². The van der Waals surface area contributed by atoms with E-state index in [1.807, 2.05) is 17.9 Å². The van der Waals surface area contributed by atoms with Crippen LogP contribution >= 0.6 is 0 Å². The average Bonchev–Trinajstić information content (AvgIpc) is 3.23. The predicted octanol–water partition coefficient (Wildman–Crippen LogP) is 0.835. The number of hydrogen-bond acceptors (Lipinski definition) is 6. The average molecular weight is 361 g/mol. The molecule has 0 amide bonds. The minimum Gasteiger partial charge on any atom is -0.395 e. The van der Waals surface area contributed by atoms with E-state index < -0.39 is 0 Å². The summed E-state index contributed by atoms with van der Waals surface area (Å²) in [7, 11) is 4.05. The first kappa shape index (κ1) is 19.0. The molecule has 144 valence electrons. The number of aromatic nitrogens is 5. The van der Waals surface area contributed by atoms with E-state index in [0.29, 0.717) is 19.0 Å². The van der Waals surface area contributed by atoms with Crippen molar-refractivity contribution in [3.63, 3.8) is 0 Å². The second-order valence-corrected chi connectivity index (χ2v) is 7.25. The monoisotopic (exact) mass is 361 g/mol. The first-order valence-corrected chi connectivity index (χ1v) is 9.52. The maximum absolute atomic E-state index is 9.04. The van der Waals surface area contributed by atoms with Crippen LogP contribution in [0.5, 0.6) is 0 Å². The van der Waals surface area contributed by atoms with Gasteiger partial charge in [-0.25, -0.2) is 0 Å². The summed E-state index contributed by atoms with van der Waals surface area (Å²) in [5, 5.41) is 22.3. The molecule has 3 rings (SSSR count). The summed E-state index contributed by atoms with van der Waals surface area (Å²) in [6, 6.07) is 0. The maximum atomic E-state index is 9.04. The van der Waals surface area contributed by atoms with E-state index in [0.717, 1.165) is 50.7 Å². The maximum Gasteiger partial charge on any atom is 0.146 e. The molecule has 2 aromatic heterocycles. The van der Waals surface area contributed by atoms with Gasteiger partial charge in [-0.15, -0.1) is 10.2 Å². The molecule has 0 aromatic carbocycles. The first-order chi connectivity index (χ1) is 12.6. The van der Waals surface area contributed by atoms with Gasteiger partial charge in [-0.05, 0) is 39.9 Å². The lowest BCUT2D eigenvalue weighted by Crippen LogP contribution is -2.33. The molecule has 0 spiro atoms. The number of aliphatic hydroxyl groups excluding tert-OH is 1. The van der Waals surface area contributed by atoms with Gasteiger partial charge in [0.25, 0.3) is 0 Å². The Balaban J connectivity index is 1.54. The number of likely N-dealkylation sites (N-methyl/N-ethyl adjacent to an activating group) is 1. The molecule has 3 heterocycles. The van der Waals surface area contributed by atoms with Crippen LogP contribution in [0.2, 0.25) is 0 Å². The quantitative estimate of drug-likeness (QED) is 0.751. The summed E-state index contributed by atoms with van der Waals surface area (Å²) < 4.78 is 4.12. The van der Waals surface area contributed by atoms with Crippen molar-refractivity contribution >= 4 is 0 Å². The van der Waals surface area contributed by atoms with Crippen molar-refractivity contribution in [2.45, 2.75) is 45.3 Å². The van der Waals surface area contributed by atoms with Crippen LogP contribution in [0.25, 0.3) is 0 Å². The summed E-state index contributed by atoms with van der Waals surface area (Å²) >= 11 is 0. The van der Waals surface area contributed by atoms with Crippen molar-refractivity contribution in [3.05, 3.63) is 29.6 Å². The highest BCUT2D eigenvalue weighted by Crippen LogP contribution is 2.27. The standard InChI is InChI=1S/C18H31N7O/c1-4-25-13-15(11-19-25)12-24-7-5-16(6-8-24)18-21-20-17(23(18)3)14-22(2)9-10-26/h11,13,16,26H,4-10,12,14H2,1-3H3. The third-order valence-corrected chi connectivity index (χ3v) is 5.26. The lowest BCUT2D eigenvalue weighted by molar-refractivity contribution is 0.199. The highest BCUT2D eigenvalue weighted by Gasteiger charge is 2.25. The van der Waals surface area contributed by atoms with Crippen LogP contribution in [0.1, 0.15) is 42.9 Å². The van der Waals surface area contributed by atoms with Crippen LogP contribution in [0.15, 0.2) is 12.4 Å². The van der Waals surface area contributed by atoms with Gasteiger partial charge in [0.05, 0.1) is 19.3 Å². The minimum absolute atomic E-state index is 0.164. The summed E-state index contributed by atoms with van der Waals surface area (Å²) in [5.41, 5.74) is 1.29. The zero-order valence-corrected chi connectivity index (χ0v) is 16.2. The zero-order chi connectivity index (χ0) is 18.5. The Kier molecular flexibility index (Phi) is 6.39. The molecule has 1 saturated heterocycles. The molecule has 8 nitrogen and oxygen atoms in total. The molecule has 0 radical (unpaired) electrons. The van der Waals surface area contributed by atoms with Crippen molar-refractivity contribution in [2.75, 3.05) is 33.3 Å². The topological polar surface area (TPSA) is 75.2 Å². The third kappa shape index (κ3) is 4.49. The van der Waals surface area contributed by atoms with Gasteiger partial charge in [0, 0.05) is 44.4 Å². The fourth-order valence-corrected chi connectivity index (χ4v) is 3.63. The Hall–Kier alpha value is -1.77. The number of likely N-dealkylation sites (tertiary alicyclic amines) is 1. The van der Waals surface area contributed by atoms with E-state index in [2.05, 4.69) is 49.8 Å². The van der Waals surface area contributed by atoms with Gasteiger partial charge < -0.3 is 9.67 Å². The number of aryl methyl sites for hydroxylation is 1. The van der Waals surface area contributed by atoms with Crippen molar-refractivity contribution in [3.8, 4) is 0 Å². The number of piperidine rings is 1. The number of aliphatic hydroxyl groups is 1. The molecule has 0 atom stereocenters. The van der Waals surface area contributed by atoms with Gasteiger partial charge in [0.1, 0.15) is 11.6 Å². The molecule has 0 bridgehead atoms. The first-order valence-electron chi connectivity index (χ1n) is 9.52. The highest BCUT2D eigenvalue weighted by atomic mass is 16.3. The van der Waals surface area contributed by atoms with Gasteiger partial charge in [0.15, 0.2) is 0 Å².